The Bertz CT molecular complexity index is 997. The number of hydrogen-bond acceptors (Lipinski definition) is 6. The SMILES string of the molecule is CN(C)c1cc(Nc2ccc3c(c2)CCN2CCN(C(=O)O)C[C@@H]32)nc(C(F)(F)F)n1. The number of rotatable bonds is 3. The van der Waals surface area contributed by atoms with E-state index in [0.717, 1.165) is 24.1 Å². The van der Waals surface area contributed by atoms with Crippen LogP contribution >= 0.6 is 0 Å². The predicted octanol–water partition coefficient (Wildman–Crippen LogP) is 3.20. The van der Waals surface area contributed by atoms with Gasteiger partial charge in [0.15, 0.2) is 0 Å². The molecule has 1 aromatic heterocycles. The van der Waals surface area contributed by atoms with Crippen LogP contribution in [0.3, 0.4) is 0 Å². The number of benzene rings is 1. The fraction of sp³-hybridized carbons (Fsp3) is 0.450. The van der Waals surface area contributed by atoms with Gasteiger partial charge in [-0.2, -0.15) is 13.2 Å². The van der Waals surface area contributed by atoms with Crippen LogP contribution in [-0.2, 0) is 12.6 Å². The second kappa shape index (κ2) is 7.88. The van der Waals surface area contributed by atoms with E-state index in [2.05, 4.69) is 20.2 Å². The molecule has 2 aromatic rings. The normalized spacial score (nSPS) is 18.9. The lowest BCUT2D eigenvalue weighted by atomic mass is 9.90. The molecule has 31 heavy (non-hydrogen) atoms. The molecule has 0 unspecified atom stereocenters. The van der Waals surface area contributed by atoms with Gasteiger partial charge in [0.05, 0.1) is 6.04 Å². The van der Waals surface area contributed by atoms with Crippen molar-refractivity contribution in [3.05, 3.63) is 41.2 Å². The summed E-state index contributed by atoms with van der Waals surface area (Å²) in [6.45, 7) is 2.39. The number of fused-ring (bicyclic) bond motifs is 3. The van der Waals surface area contributed by atoms with Crippen LogP contribution < -0.4 is 10.2 Å². The number of hydrogen-bond donors (Lipinski definition) is 2. The van der Waals surface area contributed by atoms with Gasteiger partial charge in [-0.1, -0.05) is 6.07 Å². The molecule has 1 saturated heterocycles. The first-order chi connectivity index (χ1) is 14.6. The summed E-state index contributed by atoms with van der Waals surface area (Å²) >= 11 is 0. The molecule has 1 aromatic carbocycles. The number of nitrogens with zero attached hydrogens (tertiary/aromatic N) is 5. The van der Waals surface area contributed by atoms with Crippen LogP contribution in [0.2, 0.25) is 0 Å². The lowest BCUT2D eigenvalue weighted by Gasteiger charge is -2.44. The number of amides is 1. The van der Waals surface area contributed by atoms with E-state index in [1.54, 1.807) is 20.2 Å². The molecule has 2 aliphatic rings. The fourth-order valence-corrected chi connectivity index (χ4v) is 4.05. The first-order valence-corrected chi connectivity index (χ1v) is 9.87. The number of anilines is 3. The van der Waals surface area contributed by atoms with Crippen LogP contribution in [0.4, 0.5) is 35.3 Å². The van der Waals surface area contributed by atoms with Crippen molar-refractivity contribution in [3.63, 3.8) is 0 Å². The summed E-state index contributed by atoms with van der Waals surface area (Å²) < 4.78 is 39.6. The lowest BCUT2D eigenvalue weighted by Crippen LogP contribution is -2.52. The molecule has 3 heterocycles. The molecule has 166 valence electrons. The van der Waals surface area contributed by atoms with Crippen molar-refractivity contribution in [1.29, 1.82) is 0 Å². The Hall–Kier alpha value is -3.08. The van der Waals surface area contributed by atoms with Crippen molar-refractivity contribution in [2.45, 2.75) is 18.6 Å². The minimum Gasteiger partial charge on any atom is -0.465 e. The van der Waals surface area contributed by atoms with Gasteiger partial charge in [0, 0.05) is 52.0 Å². The maximum Gasteiger partial charge on any atom is 0.451 e. The summed E-state index contributed by atoms with van der Waals surface area (Å²) in [6, 6.07) is 7.05. The number of piperazine rings is 1. The minimum atomic E-state index is -4.65. The summed E-state index contributed by atoms with van der Waals surface area (Å²) in [6.07, 6.45) is -4.79. The molecule has 0 bridgehead atoms. The summed E-state index contributed by atoms with van der Waals surface area (Å²) in [5.41, 5.74) is 2.72. The second-order valence-electron chi connectivity index (χ2n) is 7.90. The summed E-state index contributed by atoms with van der Waals surface area (Å²) in [7, 11) is 3.23. The van der Waals surface area contributed by atoms with Crippen LogP contribution in [0, 0.1) is 0 Å². The van der Waals surface area contributed by atoms with Gasteiger partial charge in [-0.05, 0) is 29.7 Å². The van der Waals surface area contributed by atoms with Gasteiger partial charge in [0.1, 0.15) is 11.6 Å². The maximum atomic E-state index is 13.2. The van der Waals surface area contributed by atoms with E-state index in [4.69, 9.17) is 0 Å². The lowest BCUT2D eigenvalue weighted by molar-refractivity contribution is -0.144. The highest BCUT2D eigenvalue weighted by Gasteiger charge is 2.36. The quantitative estimate of drug-likeness (QED) is 0.764. The zero-order valence-corrected chi connectivity index (χ0v) is 17.1. The Morgan fingerprint density at radius 1 is 1.19 bits per heavy atom. The molecule has 8 nitrogen and oxygen atoms in total. The van der Waals surface area contributed by atoms with E-state index in [9.17, 15) is 23.1 Å². The third kappa shape index (κ3) is 4.36. The molecule has 1 amide bonds. The van der Waals surface area contributed by atoms with E-state index in [1.165, 1.54) is 15.9 Å². The van der Waals surface area contributed by atoms with Gasteiger partial charge >= 0.3 is 12.3 Å². The monoisotopic (exact) mass is 436 g/mol. The van der Waals surface area contributed by atoms with Crippen molar-refractivity contribution >= 4 is 23.4 Å². The molecule has 0 spiro atoms. The third-order valence-corrected chi connectivity index (χ3v) is 5.63. The predicted molar refractivity (Wildman–Crippen MR) is 109 cm³/mol. The topological polar surface area (TPSA) is 84.8 Å². The molecule has 2 aliphatic heterocycles. The van der Waals surface area contributed by atoms with Crippen LogP contribution in [0.15, 0.2) is 24.3 Å². The summed E-state index contributed by atoms with van der Waals surface area (Å²) in [5.74, 6) is -1.00. The van der Waals surface area contributed by atoms with Crippen molar-refractivity contribution < 1.29 is 23.1 Å². The Morgan fingerprint density at radius 3 is 2.65 bits per heavy atom. The van der Waals surface area contributed by atoms with E-state index >= 15 is 0 Å². The van der Waals surface area contributed by atoms with Crippen LogP contribution in [0.5, 0.6) is 0 Å². The molecule has 0 saturated carbocycles. The zero-order valence-electron chi connectivity index (χ0n) is 17.1. The smallest absolute Gasteiger partial charge is 0.451 e. The van der Waals surface area contributed by atoms with E-state index in [0.29, 0.717) is 25.3 Å². The first-order valence-electron chi connectivity index (χ1n) is 9.87. The highest BCUT2D eigenvalue weighted by molar-refractivity contribution is 5.65. The minimum absolute atomic E-state index is 0.0149. The molecule has 2 N–H and O–H groups in total. The molecular formula is C20H23F3N6O2. The fourth-order valence-electron chi connectivity index (χ4n) is 4.05. The van der Waals surface area contributed by atoms with Gasteiger partial charge in [0.2, 0.25) is 5.82 Å². The van der Waals surface area contributed by atoms with Crippen LogP contribution in [0.25, 0.3) is 0 Å². The van der Waals surface area contributed by atoms with Gasteiger partial charge in [0.25, 0.3) is 0 Å². The van der Waals surface area contributed by atoms with Crippen molar-refractivity contribution in [3.8, 4) is 0 Å². The van der Waals surface area contributed by atoms with Gasteiger partial charge in [-0.15, -0.1) is 0 Å². The summed E-state index contributed by atoms with van der Waals surface area (Å²) in [5, 5.41) is 12.3. The highest BCUT2D eigenvalue weighted by Crippen LogP contribution is 2.35. The Kier molecular flexibility index (Phi) is 5.38. The number of halogens is 3. The second-order valence-corrected chi connectivity index (χ2v) is 7.90. The van der Waals surface area contributed by atoms with Gasteiger partial charge < -0.3 is 20.2 Å². The van der Waals surface area contributed by atoms with E-state index in [1.807, 2.05) is 12.1 Å². The average Bonchev–Trinajstić information content (AvgIpc) is 2.72. The maximum absolute atomic E-state index is 13.2. The van der Waals surface area contributed by atoms with Crippen molar-refractivity contribution in [1.82, 2.24) is 19.8 Å². The molecule has 0 aliphatic carbocycles. The molecule has 4 rings (SSSR count). The molecule has 11 heteroatoms. The van der Waals surface area contributed by atoms with Gasteiger partial charge in [-0.25, -0.2) is 14.8 Å². The van der Waals surface area contributed by atoms with Crippen LogP contribution in [-0.4, -0.2) is 71.2 Å². The number of alkyl halides is 3. The Balaban J connectivity index is 1.61. The number of nitrogens with one attached hydrogen (secondary N) is 1. The first kappa shape index (κ1) is 21.2. The Labute approximate surface area is 177 Å². The average molecular weight is 436 g/mol. The zero-order chi connectivity index (χ0) is 22.3. The van der Waals surface area contributed by atoms with Gasteiger partial charge in [-0.3, -0.25) is 4.90 Å². The number of aromatic nitrogens is 2. The summed E-state index contributed by atoms with van der Waals surface area (Å²) in [4.78, 5) is 23.8. The van der Waals surface area contributed by atoms with E-state index < -0.39 is 18.1 Å². The molecule has 1 fully saturated rings. The van der Waals surface area contributed by atoms with Crippen molar-refractivity contribution in [2.24, 2.45) is 0 Å². The van der Waals surface area contributed by atoms with E-state index in [-0.39, 0.29) is 17.7 Å². The van der Waals surface area contributed by atoms with Crippen LogP contribution in [0.1, 0.15) is 23.0 Å². The highest BCUT2D eigenvalue weighted by atomic mass is 19.4. The molecular weight excluding hydrogens is 413 g/mol. The number of carbonyl (C=O) groups is 1. The largest absolute Gasteiger partial charge is 0.465 e. The third-order valence-electron chi connectivity index (χ3n) is 5.63. The number of carboxylic acid groups (broad SMARTS) is 1. The standard InChI is InChI=1S/C20H23F3N6O2/c1-27(2)17-10-16(25-18(26-17)20(21,22)23)24-13-3-4-14-12(9-13)5-6-28-7-8-29(19(30)31)11-15(14)28/h3-4,9-10,15H,5-8,11H2,1-2H3,(H,30,31)(H,24,25,26)/t15-/m0/s1. The molecule has 0 radical (unpaired) electrons. The molecule has 1 atom stereocenters. The van der Waals surface area contributed by atoms with Crippen molar-refractivity contribution in [2.75, 3.05) is 50.5 Å². The Morgan fingerprint density at radius 2 is 1.97 bits per heavy atom.